The van der Waals surface area contributed by atoms with E-state index in [0.717, 1.165) is 24.8 Å². The largest absolute Gasteiger partial charge is 0.338 e. The molecule has 0 radical (unpaired) electrons. The molecule has 1 amide bonds. The van der Waals surface area contributed by atoms with E-state index >= 15 is 0 Å². The Hall–Kier alpha value is -1.65. The van der Waals surface area contributed by atoms with Gasteiger partial charge in [0, 0.05) is 35.7 Å². The number of pyridine rings is 1. The van der Waals surface area contributed by atoms with Crippen LogP contribution in [0.25, 0.3) is 10.9 Å². The third-order valence-electron chi connectivity index (χ3n) is 4.39. The van der Waals surface area contributed by atoms with Gasteiger partial charge in [-0.25, -0.2) is 0 Å². The third kappa shape index (κ3) is 2.94. The number of rotatable bonds is 2. The van der Waals surface area contributed by atoms with Gasteiger partial charge in [0.05, 0.1) is 11.1 Å². The Morgan fingerprint density at radius 1 is 1.50 bits per heavy atom. The van der Waals surface area contributed by atoms with Crippen LogP contribution in [0, 0.1) is 5.92 Å². The average Bonchev–Trinajstić information content (AvgIpc) is 2.53. The number of halogens is 1. The molecule has 22 heavy (non-hydrogen) atoms. The number of hydrogen-bond acceptors (Lipinski definition) is 3. The first-order valence-corrected chi connectivity index (χ1v) is 8.03. The van der Waals surface area contributed by atoms with E-state index in [0.29, 0.717) is 28.6 Å². The van der Waals surface area contributed by atoms with Crippen molar-refractivity contribution >= 4 is 28.4 Å². The lowest BCUT2D eigenvalue weighted by molar-refractivity contribution is 0.0663. The summed E-state index contributed by atoms with van der Waals surface area (Å²) in [7, 11) is 0. The SMILES string of the molecule is C[C@H](N)[C@@H]1CCCN(C(=O)c2cc(Cl)cc3cccnc23)C1. The molecular formula is C17H20ClN3O. The summed E-state index contributed by atoms with van der Waals surface area (Å²) in [5, 5.41) is 1.45. The van der Waals surface area contributed by atoms with Crippen molar-refractivity contribution in [2.24, 2.45) is 11.7 Å². The second-order valence-electron chi connectivity index (χ2n) is 6.04. The van der Waals surface area contributed by atoms with Crippen molar-refractivity contribution in [3.8, 4) is 0 Å². The first kappa shape index (κ1) is 15.3. The van der Waals surface area contributed by atoms with Gasteiger partial charge in [-0.2, -0.15) is 0 Å². The van der Waals surface area contributed by atoms with E-state index in [9.17, 15) is 4.79 Å². The van der Waals surface area contributed by atoms with Crippen LogP contribution in [-0.2, 0) is 0 Å². The number of carbonyl (C=O) groups is 1. The molecule has 0 bridgehead atoms. The Balaban J connectivity index is 1.95. The van der Waals surface area contributed by atoms with Crippen LogP contribution in [0.2, 0.25) is 5.02 Å². The van der Waals surface area contributed by atoms with Gasteiger partial charge in [-0.05, 0) is 43.9 Å². The van der Waals surface area contributed by atoms with Crippen molar-refractivity contribution in [2.45, 2.75) is 25.8 Å². The molecule has 1 aromatic carbocycles. The Kier molecular flexibility index (Phi) is 4.32. The van der Waals surface area contributed by atoms with E-state index in [4.69, 9.17) is 17.3 Å². The highest BCUT2D eigenvalue weighted by Crippen LogP contribution is 2.26. The summed E-state index contributed by atoms with van der Waals surface area (Å²) < 4.78 is 0. The summed E-state index contributed by atoms with van der Waals surface area (Å²) in [6, 6.07) is 7.42. The average molecular weight is 318 g/mol. The van der Waals surface area contributed by atoms with Crippen molar-refractivity contribution in [2.75, 3.05) is 13.1 Å². The quantitative estimate of drug-likeness (QED) is 0.926. The van der Waals surface area contributed by atoms with E-state index in [-0.39, 0.29) is 11.9 Å². The normalized spacial score (nSPS) is 20.1. The highest BCUT2D eigenvalue weighted by atomic mass is 35.5. The molecule has 2 heterocycles. The molecule has 0 spiro atoms. The standard InChI is InChI=1S/C17H20ClN3O/c1-11(19)13-5-3-7-21(10-13)17(22)15-9-14(18)8-12-4-2-6-20-16(12)15/h2,4,6,8-9,11,13H,3,5,7,10,19H2,1H3/t11-,13+/m0/s1. The predicted octanol–water partition coefficient (Wildman–Crippen LogP) is 3.09. The van der Waals surface area contributed by atoms with E-state index < -0.39 is 0 Å². The van der Waals surface area contributed by atoms with Crippen molar-refractivity contribution in [3.63, 3.8) is 0 Å². The van der Waals surface area contributed by atoms with Crippen LogP contribution >= 0.6 is 11.6 Å². The molecule has 4 nitrogen and oxygen atoms in total. The van der Waals surface area contributed by atoms with Gasteiger partial charge in [0.2, 0.25) is 0 Å². The molecule has 2 N–H and O–H groups in total. The van der Waals surface area contributed by atoms with Crippen LogP contribution < -0.4 is 5.73 Å². The molecule has 0 aliphatic carbocycles. The fraction of sp³-hybridized carbons (Fsp3) is 0.412. The number of benzene rings is 1. The molecule has 1 fully saturated rings. The van der Waals surface area contributed by atoms with Gasteiger partial charge in [0.1, 0.15) is 0 Å². The Labute approximate surface area is 135 Å². The molecule has 3 rings (SSSR count). The zero-order valence-corrected chi connectivity index (χ0v) is 13.4. The third-order valence-corrected chi connectivity index (χ3v) is 4.61. The van der Waals surface area contributed by atoms with Gasteiger partial charge < -0.3 is 10.6 Å². The lowest BCUT2D eigenvalue weighted by Gasteiger charge is -2.34. The molecule has 116 valence electrons. The van der Waals surface area contributed by atoms with Crippen molar-refractivity contribution in [3.05, 3.63) is 41.0 Å². The first-order valence-electron chi connectivity index (χ1n) is 7.65. The fourth-order valence-corrected chi connectivity index (χ4v) is 3.34. The predicted molar refractivity (Wildman–Crippen MR) is 89.0 cm³/mol. The molecule has 1 aliphatic heterocycles. The number of hydrogen-bond donors (Lipinski definition) is 1. The highest BCUT2D eigenvalue weighted by molar-refractivity contribution is 6.32. The number of nitrogens with zero attached hydrogens (tertiary/aromatic N) is 2. The van der Waals surface area contributed by atoms with Gasteiger partial charge in [-0.15, -0.1) is 0 Å². The second-order valence-corrected chi connectivity index (χ2v) is 6.48. The second kappa shape index (κ2) is 6.23. The molecule has 2 aromatic rings. The van der Waals surface area contributed by atoms with Gasteiger partial charge in [0.25, 0.3) is 5.91 Å². The van der Waals surface area contributed by atoms with Crippen molar-refractivity contribution < 1.29 is 4.79 Å². The maximum atomic E-state index is 12.9. The van der Waals surface area contributed by atoms with E-state index in [1.807, 2.05) is 30.0 Å². The zero-order valence-electron chi connectivity index (χ0n) is 12.6. The number of amides is 1. The van der Waals surface area contributed by atoms with Crippen molar-refractivity contribution in [1.82, 2.24) is 9.88 Å². The topological polar surface area (TPSA) is 59.2 Å². The van der Waals surface area contributed by atoms with Gasteiger partial charge in [-0.3, -0.25) is 9.78 Å². The number of nitrogens with two attached hydrogens (primary N) is 1. The fourth-order valence-electron chi connectivity index (χ4n) is 3.11. The van der Waals surface area contributed by atoms with Gasteiger partial charge in [-0.1, -0.05) is 17.7 Å². The van der Waals surface area contributed by atoms with Crippen LogP contribution in [0.15, 0.2) is 30.5 Å². The number of likely N-dealkylation sites (tertiary alicyclic amines) is 1. The molecule has 5 heteroatoms. The Morgan fingerprint density at radius 3 is 3.09 bits per heavy atom. The monoisotopic (exact) mass is 317 g/mol. The summed E-state index contributed by atoms with van der Waals surface area (Å²) in [6.45, 7) is 3.48. The summed E-state index contributed by atoms with van der Waals surface area (Å²) in [6.07, 6.45) is 3.77. The number of carbonyl (C=O) groups excluding carboxylic acids is 1. The minimum Gasteiger partial charge on any atom is -0.338 e. The smallest absolute Gasteiger partial charge is 0.256 e. The molecule has 0 saturated carbocycles. The van der Waals surface area contributed by atoms with Gasteiger partial charge in [0.15, 0.2) is 0 Å². The minimum atomic E-state index is -0.00319. The Morgan fingerprint density at radius 2 is 2.32 bits per heavy atom. The first-order chi connectivity index (χ1) is 10.6. The number of aromatic nitrogens is 1. The van der Waals surface area contributed by atoms with Crippen molar-refractivity contribution in [1.29, 1.82) is 0 Å². The van der Waals surface area contributed by atoms with E-state index in [1.54, 1.807) is 12.3 Å². The van der Waals surface area contributed by atoms with E-state index in [1.165, 1.54) is 0 Å². The van der Waals surface area contributed by atoms with E-state index in [2.05, 4.69) is 4.98 Å². The lowest BCUT2D eigenvalue weighted by Crippen LogP contribution is -2.45. The maximum Gasteiger partial charge on any atom is 0.256 e. The summed E-state index contributed by atoms with van der Waals surface area (Å²) in [5.74, 6) is 0.354. The number of fused-ring (bicyclic) bond motifs is 1. The Bertz CT molecular complexity index is 701. The van der Waals surface area contributed by atoms with Crippen LogP contribution in [0.5, 0.6) is 0 Å². The van der Waals surface area contributed by atoms with Crippen LogP contribution in [0.1, 0.15) is 30.1 Å². The lowest BCUT2D eigenvalue weighted by atomic mass is 9.91. The molecule has 1 aromatic heterocycles. The van der Waals surface area contributed by atoms with Crippen LogP contribution in [-0.4, -0.2) is 34.9 Å². The van der Waals surface area contributed by atoms with Crippen LogP contribution in [0.3, 0.4) is 0 Å². The van der Waals surface area contributed by atoms with Crippen LogP contribution in [0.4, 0.5) is 0 Å². The molecule has 0 unspecified atom stereocenters. The molecule has 1 aliphatic rings. The minimum absolute atomic E-state index is 0.00319. The molecule has 2 atom stereocenters. The molecule has 1 saturated heterocycles. The summed E-state index contributed by atoms with van der Waals surface area (Å²) in [4.78, 5) is 19.2. The summed E-state index contributed by atoms with van der Waals surface area (Å²) in [5.41, 5.74) is 7.30. The highest BCUT2D eigenvalue weighted by Gasteiger charge is 2.27. The molecular weight excluding hydrogens is 298 g/mol. The zero-order chi connectivity index (χ0) is 15.7. The summed E-state index contributed by atoms with van der Waals surface area (Å²) >= 11 is 6.17. The number of piperidine rings is 1. The van der Waals surface area contributed by atoms with Gasteiger partial charge >= 0.3 is 0 Å². The maximum absolute atomic E-state index is 12.9.